The molecule has 230 valence electrons. The molecule has 1 saturated carbocycles. The van der Waals surface area contributed by atoms with E-state index < -0.39 is 35.4 Å². The monoisotopic (exact) mass is 618 g/mol. The predicted octanol–water partition coefficient (Wildman–Crippen LogP) is 6.23. The van der Waals surface area contributed by atoms with Crippen molar-refractivity contribution in [1.82, 2.24) is 5.32 Å². The summed E-state index contributed by atoms with van der Waals surface area (Å²) in [4.78, 5) is 13.1. The number of nitrogens with one attached hydrogen (secondary N) is 1. The van der Waals surface area contributed by atoms with Gasteiger partial charge in [-0.15, -0.1) is 0 Å². The third-order valence-electron chi connectivity index (χ3n) is 9.04. The Kier molecular flexibility index (Phi) is 7.72. The number of rotatable bonds is 8. The van der Waals surface area contributed by atoms with E-state index >= 15 is 0 Å². The Morgan fingerprint density at radius 1 is 1.07 bits per heavy atom. The Morgan fingerprint density at radius 2 is 1.73 bits per heavy atom. The van der Waals surface area contributed by atoms with Gasteiger partial charge in [0.2, 0.25) is 0 Å². The number of nitrogens with zero attached hydrogens (tertiary/aromatic N) is 1. The van der Waals surface area contributed by atoms with E-state index in [0.717, 1.165) is 35.0 Å². The van der Waals surface area contributed by atoms with Crippen molar-refractivity contribution in [2.75, 3.05) is 11.4 Å². The van der Waals surface area contributed by atoms with Gasteiger partial charge in [-0.05, 0) is 100 Å². The molecule has 0 bridgehead atoms. The molecule has 6 rings (SSSR count). The summed E-state index contributed by atoms with van der Waals surface area (Å²) in [6.45, 7) is 10.2. The number of aryl methyl sites for hydroxylation is 1. The topological polar surface area (TPSA) is 101 Å². The van der Waals surface area contributed by atoms with Gasteiger partial charge in [-0.3, -0.25) is 13.7 Å². The van der Waals surface area contributed by atoms with Crippen LogP contribution in [0.2, 0.25) is 0 Å². The number of carbonyl (C=O) groups excluding carboxylic acids is 1. The molecule has 44 heavy (non-hydrogen) atoms. The molecule has 1 atom stereocenters. The molecule has 2 heterocycles. The van der Waals surface area contributed by atoms with Gasteiger partial charge in [0.05, 0.1) is 29.0 Å². The van der Waals surface area contributed by atoms with Crippen molar-refractivity contribution >= 4 is 46.4 Å². The Labute approximate surface area is 259 Å². The summed E-state index contributed by atoms with van der Waals surface area (Å²) in [6, 6.07) is 15.2. The lowest BCUT2D eigenvalue weighted by atomic mass is 9.76. The van der Waals surface area contributed by atoms with Crippen LogP contribution in [0, 0.1) is 12.7 Å². The maximum atomic E-state index is 13.7. The number of furan rings is 1. The van der Waals surface area contributed by atoms with Gasteiger partial charge in [0.25, 0.3) is 17.2 Å². The summed E-state index contributed by atoms with van der Waals surface area (Å²) in [5.74, 6) is -0.235. The lowest BCUT2D eigenvalue weighted by Crippen LogP contribution is -2.41. The maximum absolute atomic E-state index is 13.7. The Morgan fingerprint density at radius 3 is 2.30 bits per heavy atom. The average Bonchev–Trinajstić information content (AvgIpc) is 3.70. The molecule has 1 unspecified atom stereocenters. The third kappa shape index (κ3) is 5.47. The Balaban J connectivity index is 1.39. The second kappa shape index (κ2) is 11.1. The summed E-state index contributed by atoms with van der Waals surface area (Å²) in [6.07, 6.45) is 1.87. The quantitative estimate of drug-likeness (QED) is 0.180. The molecule has 0 spiro atoms. The molecule has 8 nitrogen and oxygen atoms in total. The van der Waals surface area contributed by atoms with Crippen molar-refractivity contribution in [3.63, 3.8) is 0 Å². The number of hydrogen-bond acceptors (Lipinski definition) is 5. The van der Waals surface area contributed by atoms with Crippen molar-refractivity contribution in [3.05, 3.63) is 82.7 Å². The molecular formula is C33H36BFN2O6S. The zero-order chi connectivity index (χ0) is 31.6. The van der Waals surface area contributed by atoms with Crippen molar-refractivity contribution in [3.8, 4) is 11.3 Å². The first-order chi connectivity index (χ1) is 20.8. The third-order valence-corrected chi connectivity index (χ3v) is 9.74. The summed E-state index contributed by atoms with van der Waals surface area (Å²) >= 11 is -2.36. The smallest absolute Gasteiger partial charge is 0.455 e. The molecule has 3 aromatic carbocycles. The normalized spacial score (nSPS) is 18.0. The van der Waals surface area contributed by atoms with E-state index in [2.05, 4.69) is 5.32 Å². The van der Waals surface area contributed by atoms with Crippen molar-refractivity contribution < 1.29 is 31.7 Å². The van der Waals surface area contributed by atoms with Crippen molar-refractivity contribution in [2.24, 2.45) is 0 Å². The zero-order valence-electron chi connectivity index (χ0n) is 25.7. The van der Waals surface area contributed by atoms with Gasteiger partial charge in [0.15, 0.2) is 0 Å². The summed E-state index contributed by atoms with van der Waals surface area (Å²) in [7, 11) is 1.03. The van der Waals surface area contributed by atoms with Crippen LogP contribution in [-0.4, -0.2) is 40.0 Å². The largest absolute Gasteiger partial charge is 0.495 e. The van der Waals surface area contributed by atoms with Gasteiger partial charge in [-0.2, -0.15) is 0 Å². The van der Waals surface area contributed by atoms with Crippen LogP contribution in [-0.2, 0) is 27.1 Å². The molecule has 2 aliphatic rings. The number of hydrogen-bond donors (Lipinski definition) is 2. The summed E-state index contributed by atoms with van der Waals surface area (Å²) in [5.41, 5.74) is 4.50. The number of halogens is 1. The molecule has 11 heteroatoms. The van der Waals surface area contributed by atoms with Gasteiger partial charge in [-0.1, -0.05) is 23.8 Å². The van der Waals surface area contributed by atoms with Crippen LogP contribution in [0.1, 0.15) is 73.5 Å². The van der Waals surface area contributed by atoms with Crippen LogP contribution in [0.15, 0.2) is 59.0 Å². The van der Waals surface area contributed by atoms with Crippen molar-refractivity contribution in [1.29, 1.82) is 0 Å². The van der Waals surface area contributed by atoms with Crippen molar-refractivity contribution in [2.45, 2.75) is 71.1 Å². The minimum Gasteiger partial charge on any atom is -0.455 e. The van der Waals surface area contributed by atoms with Gasteiger partial charge in [-0.25, -0.2) is 8.60 Å². The van der Waals surface area contributed by atoms with E-state index in [1.807, 2.05) is 58.9 Å². The highest BCUT2D eigenvalue weighted by Gasteiger charge is 2.52. The number of anilines is 1. The molecule has 4 aromatic rings. The van der Waals surface area contributed by atoms with Crippen LogP contribution in [0.25, 0.3) is 22.3 Å². The highest BCUT2D eigenvalue weighted by atomic mass is 32.2. The maximum Gasteiger partial charge on any atom is 0.495 e. The molecular weight excluding hydrogens is 582 g/mol. The molecule has 2 fully saturated rings. The lowest BCUT2D eigenvalue weighted by Gasteiger charge is -2.32. The highest BCUT2D eigenvalue weighted by molar-refractivity contribution is 7.80. The molecule has 2 N–H and O–H groups in total. The minimum atomic E-state index is -2.36. The fourth-order valence-electron chi connectivity index (χ4n) is 5.70. The molecule has 1 aromatic heterocycles. The first-order valence-electron chi connectivity index (χ1n) is 14.7. The Bertz CT molecular complexity index is 1770. The summed E-state index contributed by atoms with van der Waals surface area (Å²) < 4.78 is 57.3. The van der Waals surface area contributed by atoms with Crippen LogP contribution in [0.3, 0.4) is 0 Å². The van der Waals surface area contributed by atoms with Crippen LogP contribution in [0.4, 0.5) is 10.1 Å². The van der Waals surface area contributed by atoms with Crippen LogP contribution < -0.4 is 15.1 Å². The second-order valence-electron chi connectivity index (χ2n) is 12.6. The SMILES string of the molecule is CNC(=O)c1c(-c2ccc(F)cc2)oc2cc(N(Cc3ccc(B4OC(C)(C)C(C)(C)O4)c(C)c3)S(=O)O)c(C3CC3)cc12. The molecule has 1 saturated heterocycles. The number of amides is 1. The van der Waals surface area contributed by atoms with E-state index in [-0.39, 0.29) is 18.4 Å². The number of benzene rings is 3. The van der Waals surface area contributed by atoms with Gasteiger partial charge >= 0.3 is 7.12 Å². The lowest BCUT2D eigenvalue weighted by molar-refractivity contribution is 0.00578. The average molecular weight is 619 g/mol. The molecule has 0 radical (unpaired) electrons. The standard InChI is InChI=1S/C33H36BFN2O6S/c1-19-15-20(7-14-26(19)34-42-32(2,3)33(4,5)43-34)18-37(44(39)40)27-17-28-25(16-24(27)21-8-9-21)29(31(38)36-6)30(41-28)22-10-12-23(35)13-11-22/h7,10-17,21H,8-9,18H2,1-6H3,(H,36,38)(H,39,40). The first-order valence-corrected chi connectivity index (χ1v) is 15.8. The predicted molar refractivity (Wildman–Crippen MR) is 171 cm³/mol. The van der Waals surface area contributed by atoms with E-state index in [9.17, 15) is 17.9 Å². The zero-order valence-corrected chi connectivity index (χ0v) is 26.5. The molecule has 1 amide bonds. The van der Waals surface area contributed by atoms with E-state index in [1.54, 1.807) is 25.2 Å². The van der Waals surface area contributed by atoms with Gasteiger partial charge in [0.1, 0.15) is 17.2 Å². The molecule has 1 aliphatic heterocycles. The summed E-state index contributed by atoms with van der Waals surface area (Å²) in [5, 5.41) is 3.28. The highest BCUT2D eigenvalue weighted by Crippen LogP contribution is 2.48. The fourth-order valence-corrected chi connectivity index (χ4v) is 6.29. The minimum absolute atomic E-state index is 0.159. The van der Waals surface area contributed by atoms with E-state index in [0.29, 0.717) is 33.5 Å². The molecule has 1 aliphatic carbocycles. The van der Waals surface area contributed by atoms with Gasteiger partial charge < -0.3 is 19.0 Å². The number of fused-ring (bicyclic) bond motifs is 1. The van der Waals surface area contributed by atoms with E-state index in [4.69, 9.17) is 13.7 Å². The van der Waals surface area contributed by atoms with Crippen LogP contribution >= 0.6 is 0 Å². The fraction of sp³-hybridized carbons (Fsp3) is 0.364. The first kappa shape index (κ1) is 30.5. The van der Waals surface area contributed by atoms with Gasteiger partial charge in [0, 0.05) is 24.1 Å². The van der Waals surface area contributed by atoms with E-state index in [1.165, 1.54) is 16.4 Å². The second-order valence-corrected chi connectivity index (χ2v) is 13.5. The number of carbonyl (C=O) groups is 1. The van der Waals surface area contributed by atoms with Crippen LogP contribution in [0.5, 0.6) is 0 Å². The Hall–Kier alpha value is -3.51.